The molecule has 0 unspecified atom stereocenters. The summed E-state index contributed by atoms with van der Waals surface area (Å²) in [6.07, 6.45) is 0.467. The number of hydrogen-bond donors (Lipinski definition) is 2. The highest BCUT2D eigenvalue weighted by molar-refractivity contribution is 5.91. The average Bonchev–Trinajstić information content (AvgIpc) is 2.32. The number of rotatable bonds is 5. The Morgan fingerprint density at radius 1 is 1.25 bits per heavy atom. The Morgan fingerprint density at radius 3 is 2.25 bits per heavy atom. The summed E-state index contributed by atoms with van der Waals surface area (Å²) in [5, 5.41) is 10.6. The van der Waals surface area contributed by atoms with Gasteiger partial charge in [0.15, 0.2) is 11.6 Å². The average molecular weight is 290 g/mol. The van der Waals surface area contributed by atoms with E-state index in [0.29, 0.717) is 18.6 Å². The molecule has 0 heterocycles. The number of carbonyl (C=O) groups excluding carboxylic acids is 1. The Morgan fingerprint density at radius 2 is 1.80 bits per heavy atom. The molecule has 110 valence electrons. The normalized spacial score (nSPS) is 10.2. The van der Waals surface area contributed by atoms with Gasteiger partial charge in [-0.15, -0.1) is 0 Å². The van der Waals surface area contributed by atoms with Crippen LogP contribution >= 0.6 is 0 Å². The van der Waals surface area contributed by atoms with E-state index in [1.54, 1.807) is 6.92 Å². The number of urea groups is 1. The third kappa shape index (κ3) is 4.15. The maximum atomic E-state index is 13.4. The van der Waals surface area contributed by atoms with Gasteiger partial charge in [-0.3, -0.25) is 4.79 Å². The second-order valence-electron chi connectivity index (χ2n) is 3.99. The highest BCUT2D eigenvalue weighted by atomic mass is 19.1. The predicted octanol–water partition coefficient (Wildman–Crippen LogP) is 2.43. The van der Waals surface area contributed by atoms with Gasteiger partial charge in [0.25, 0.3) is 0 Å². The molecule has 0 aromatic heterocycles. The molecule has 0 aliphatic heterocycles. The summed E-state index contributed by atoms with van der Waals surface area (Å²) < 4.78 is 39.4. The van der Waals surface area contributed by atoms with E-state index in [1.807, 2.05) is 5.32 Å². The third-order valence-electron chi connectivity index (χ3n) is 2.35. The molecular formula is C12H13F3N2O3. The highest BCUT2D eigenvalue weighted by Gasteiger charge is 2.20. The first-order valence-corrected chi connectivity index (χ1v) is 5.77. The summed E-state index contributed by atoms with van der Waals surface area (Å²) in [5.41, 5.74) is -0.817. The van der Waals surface area contributed by atoms with Crippen LogP contribution in [0.15, 0.2) is 12.1 Å². The Balaban J connectivity index is 2.90. The van der Waals surface area contributed by atoms with Gasteiger partial charge in [-0.2, -0.15) is 0 Å². The molecule has 1 aromatic carbocycles. The van der Waals surface area contributed by atoms with Gasteiger partial charge in [0.2, 0.25) is 0 Å². The summed E-state index contributed by atoms with van der Waals surface area (Å²) in [5.74, 6) is -4.92. The van der Waals surface area contributed by atoms with Crippen molar-refractivity contribution >= 4 is 17.7 Å². The molecule has 0 aliphatic rings. The van der Waals surface area contributed by atoms with Gasteiger partial charge in [-0.1, -0.05) is 6.92 Å². The molecule has 5 nitrogen and oxygen atoms in total. The molecule has 0 atom stereocenters. The minimum Gasteiger partial charge on any atom is -0.480 e. The van der Waals surface area contributed by atoms with Crippen molar-refractivity contribution in [2.75, 3.05) is 18.4 Å². The Hall–Kier alpha value is -2.25. The number of aliphatic carboxylic acids is 1. The van der Waals surface area contributed by atoms with Gasteiger partial charge in [0, 0.05) is 18.7 Å². The number of hydrogen-bond acceptors (Lipinski definition) is 2. The van der Waals surface area contributed by atoms with Gasteiger partial charge in [0.1, 0.15) is 18.0 Å². The molecule has 0 fully saturated rings. The van der Waals surface area contributed by atoms with Gasteiger partial charge in [0.05, 0.1) is 0 Å². The van der Waals surface area contributed by atoms with Gasteiger partial charge in [-0.05, 0) is 6.42 Å². The third-order valence-corrected chi connectivity index (χ3v) is 2.35. The standard InChI is InChI=1S/C12H13F3N2O3/c1-2-3-17(6-10(18)19)12(20)16-11-8(14)4-7(13)5-9(11)15/h4-5H,2-3,6H2,1H3,(H,16,20)(H,18,19). The molecule has 0 spiro atoms. The number of nitrogens with zero attached hydrogens (tertiary/aromatic N) is 1. The summed E-state index contributed by atoms with van der Waals surface area (Å²) in [7, 11) is 0. The molecule has 0 radical (unpaired) electrons. The number of benzene rings is 1. The topological polar surface area (TPSA) is 69.6 Å². The molecule has 0 saturated heterocycles. The second-order valence-corrected chi connectivity index (χ2v) is 3.99. The first kappa shape index (κ1) is 15.8. The highest BCUT2D eigenvalue weighted by Crippen LogP contribution is 2.20. The van der Waals surface area contributed by atoms with Crippen molar-refractivity contribution in [3.8, 4) is 0 Å². The van der Waals surface area contributed by atoms with Crippen LogP contribution in [0, 0.1) is 17.5 Å². The number of nitrogens with one attached hydrogen (secondary N) is 1. The summed E-state index contributed by atoms with van der Waals surface area (Å²) >= 11 is 0. The SMILES string of the molecule is CCCN(CC(=O)O)C(=O)Nc1c(F)cc(F)cc1F. The maximum Gasteiger partial charge on any atom is 0.323 e. The monoisotopic (exact) mass is 290 g/mol. The molecular weight excluding hydrogens is 277 g/mol. The smallest absolute Gasteiger partial charge is 0.323 e. The van der Waals surface area contributed by atoms with Crippen LogP contribution in [-0.2, 0) is 4.79 Å². The van der Waals surface area contributed by atoms with Crippen molar-refractivity contribution in [1.29, 1.82) is 0 Å². The zero-order chi connectivity index (χ0) is 15.3. The molecule has 2 amide bonds. The number of carboxylic acid groups (broad SMARTS) is 1. The molecule has 20 heavy (non-hydrogen) atoms. The van der Waals surface area contributed by atoms with Crippen molar-refractivity contribution < 1.29 is 27.9 Å². The van der Waals surface area contributed by atoms with Crippen molar-refractivity contribution in [3.05, 3.63) is 29.6 Å². The Bertz CT molecular complexity index is 500. The zero-order valence-corrected chi connectivity index (χ0v) is 10.6. The first-order valence-electron chi connectivity index (χ1n) is 5.77. The number of halogens is 3. The molecule has 8 heteroatoms. The lowest BCUT2D eigenvalue weighted by Crippen LogP contribution is -2.39. The van der Waals surface area contributed by atoms with Crippen LogP contribution < -0.4 is 5.32 Å². The van der Waals surface area contributed by atoms with Crippen LogP contribution in [-0.4, -0.2) is 35.1 Å². The van der Waals surface area contributed by atoms with Crippen LogP contribution in [0.4, 0.5) is 23.7 Å². The molecule has 1 rings (SSSR count). The molecule has 0 saturated carbocycles. The molecule has 1 aromatic rings. The number of anilines is 1. The fraction of sp³-hybridized carbons (Fsp3) is 0.333. The number of carboxylic acids is 1. The van der Waals surface area contributed by atoms with E-state index < -0.39 is 41.7 Å². The van der Waals surface area contributed by atoms with E-state index in [4.69, 9.17) is 5.11 Å². The van der Waals surface area contributed by atoms with Crippen LogP contribution in [0.1, 0.15) is 13.3 Å². The van der Waals surface area contributed by atoms with E-state index in [9.17, 15) is 22.8 Å². The quantitative estimate of drug-likeness (QED) is 0.875. The summed E-state index contributed by atoms with van der Waals surface area (Å²) in [6, 6.07) is -0.140. The summed E-state index contributed by atoms with van der Waals surface area (Å²) in [6.45, 7) is 1.20. The molecule has 0 bridgehead atoms. The lowest BCUT2D eigenvalue weighted by molar-refractivity contribution is -0.137. The minimum absolute atomic E-state index is 0.0998. The maximum absolute atomic E-state index is 13.4. The van der Waals surface area contributed by atoms with Gasteiger partial charge < -0.3 is 15.3 Å². The van der Waals surface area contributed by atoms with Gasteiger partial charge >= 0.3 is 12.0 Å². The molecule has 2 N–H and O–H groups in total. The predicted molar refractivity (Wildman–Crippen MR) is 64.8 cm³/mol. The van der Waals surface area contributed by atoms with Crippen molar-refractivity contribution in [1.82, 2.24) is 4.90 Å². The van der Waals surface area contributed by atoms with Crippen molar-refractivity contribution in [3.63, 3.8) is 0 Å². The van der Waals surface area contributed by atoms with Crippen LogP contribution in [0.3, 0.4) is 0 Å². The van der Waals surface area contributed by atoms with Crippen LogP contribution in [0.5, 0.6) is 0 Å². The van der Waals surface area contributed by atoms with E-state index in [1.165, 1.54) is 0 Å². The van der Waals surface area contributed by atoms with E-state index in [2.05, 4.69) is 0 Å². The van der Waals surface area contributed by atoms with E-state index >= 15 is 0 Å². The first-order chi connectivity index (χ1) is 9.35. The summed E-state index contributed by atoms with van der Waals surface area (Å²) in [4.78, 5) is 23.2. The number of carbonyl (C=O) groups is 2. The lowest BCUT2D eigenvalue weighted by Gasteiger charge is -2.20. The largest absolute Gasteiger partial charge is 0.480 e. The molecule has 0 aliphatic carbocycles. The Kier molecular flexibility index (Phi) is 5.36. The Labute approximate surface area is 113 Å². The minimum atomic E-state index is -1.28. The van der Waals surface area contributed by atoms with Gasteiger partial charge in [-0.25, -0.2) is 18.0 Å². The fourth-order valence-electron chi connectivity index (χ4n) is 1.53. The van der Waals surface area contributed by atoms with Crippen LogP contribution in [0.25, 0.3) is 0 Å². The number of amides is 2. The van der Waals surface area contributed by atoms with Crippen LogP contribution in [0.2, 0.25) is 0 Å². The lowest BCUT2D eigenvalue weighted by atomic mass is 10.3. The zero-order valence-electron chi connectivity index (χ0n) is 10.6. The fourth-order valence-corrected chi connectivity index (χ4v) is 1.53. The second kappa shape index (κ2) is 6.78. The van der Waals surface area contributed by atoms with Crippen molar-refractivity contribution in [2.24, 2.45) is 0 Å². The van der Waals surface area contributed by atoms with E-state index in [0.717, 1.165) is 4.90 Å². The van der Waals surface area contributed by atoms with Crippen molar-refractivity contribution in [2.45, 2.75) is 13.3 Å². The van der Waals surface area contributed by atoms with E-state index in [-0.39, 0.29) is 6.54 Å².